The highest BCUT2D eigenvalue weighted by Gasteiger charge is 2.53. The van der Waals surface area contributed by atoms with Gasteiger partial charge in [0, 0.05) is 69.4 Å². The number of benzene rings is 1. The number of carbonyl (C=O) groups is 1. The summed E-state index contributed by atoms with van der Waals surface area (Å²) < 4.78 is 59.9. The maximum atomic E-state index is 14.9. The van der Waals surface area contributed by atoms with Crippen LogP contribution in [0.2, 0.25) is 0 Å². The number of nitrogens with zero attached hydrogens (tertiary/aromatic N) is 6. The molecule has 1 aromatic heterocycles. The van der Waals surface area contributed by atoms with Crippen LogP contribution in [-0.4, -0.2) is 199 Å². The minimum absolute atomic E-state index is 0.0748. The fourth-order valence-corrected chi connectivity index (χ4v) is 10.8. The van der Waals surface area contributed by atoms with Gasteiger partial charge in [-0.3, -0.25) is 14.9 Å². The molecule has 5 rings (SSSR count). The standard InChI is InChI=1S/C50H83FN6O15/c1-14-39-50(10,63)43(59)32(6)55(12)24-28(2)22-48(8,62)45(30(4)42(31(5)46(61)70-39)71-40-23-49(9,66-13)44(60)33(7)69-40)72-47-41(58)38(21-29(3)68-47)54(11)20-19-35-26-56(53-52-35)25-34(51)27-67-37-17-15-36(16-18-37)57(64)65/h15-18,26,28-34,38-45,47,58-60,62-63H,14,19-25,27H2,1-13H3/t28-,29-,30+,31-,32-,33+,34-,38+,39-,40+,41-,42+,43-,44+,45-,47+,48-,49-,50-/m1/s1. The number of esters is 1. The van der Waals surface area contributed by atoms with Gasteiger partial charge in [0.25, 0.3) is 5.69 Å². The summed E-state index contributed by atoms with van der Waals surface area (Å²) in [5, 5.41) is 78.8. The number of carbonyl (C=O) groups excluding carboxylic acids is 1. The molecule has 72 heavy (non-hydrogen) atoms. The van der Waals surface area contributed by atoms with Crippen LogP contribution in [0.5, 0.6) is 5.75 Å². The summed E-state index contributed by atoms with van der Waals surface area (Å²) in [6.07, 6.45) is -9.01. The number of hydrogen-bond acceptors (Lipinski definition) is 19. The Morgan fingerprint density at radius 2 is 1.68 bits per heavy atom. The van der Waals surface area contributed by atoms with Gasteiger partial charge in [-0.25, -0.2) is 9.07 Å². The monoisotopic (exact) mass is 1030 g/mol. The van der Waals surface area contributed by atoms with Gasteiger partial charge in [0.15, 0.2) is 18.8 Å². The quantitative estimate of drug-likeness (QED) is 0.0916. The highest BCUT2D eigenvalue weighted by molar-refractivity contribution is 5.73. The van der Waals surface area contributed by atoms with Gasteiger partial charge in [-0.05, 0) is 99.9 Å². The molecule has 3 fully saturated rings. The molecule has 0 saturated carbocycles. The van der Waals surface area contributed by atoms with Gasteiger partial charge < -0.3 is 68.5 Å². The van der Waals surface area contributed by atoms with Crippen molar-refractivity contribution in [2.45, 2.75) is 204 Å². The lowest BCUT2D eigenvalue weighted by Gasteiger charge is -2.49. The van der Waals surface area contributed by atoms with Crippen molar-refractivity contribution in [1.82, 2.24) is 24.8 Å². The van der Waals surface area contributed by atoms with Crippen molar-refractivity contribution < 1.29 is 72.8 Å². The zero-order valence-electron chi connectivity index (χ0n) is 44.4. The molecule has 21 nitrogen and oxygen atoms in total. The van der Waals surface area contributed by atoms with Gasteiger partial charge in [0.05, 0.1) is 58.7 Å². The molecule has 4 heterocycles. The molecular formula is C50H83FN6O15. The first-order valence-corrected chi connectivity index (χ1v) is 25.3. The predicted molar refractivity (Wildman–Crippen MR) is 260 cm³/mol. The Balaban J connectivity index is 1.38. The lowest BCUT2D eigenvalue weighted by molar-refractivity contribution is -0.384. The van der Waals surface area contributed by atoms with E-state index in [0.29, 0.717) is 37.4 Å². The van der Waals surface area contributed by atoms with Crippen LogP contribution < -0.4 is 4.74 Å². The van der Waals surface area contributed by atoms with E-state index in [-0.39, 0.29) is 44.0 Å². The zero-order chi connectivity index (χ0) is 53.6. The molecule has 0 spiro atoms. The van der Waals surface area contributed by atoms with E-state index in [0.717, 1.165) is 0 Å². The summed E-state index contributed by atoms with van der Waals surface area (Å²) in [6.45, 7) is 17.6. The van der Waals surface area contributed by atoms with E-state index >= 15 is 0 Å². The number of methoxy groups -OCH3 is 1. The Hall–Kier alpha value is -3.52. The van der Waals surface area contributed by atoms with Gasteiger partial charge in [-0.2, -0.15) is 0 Å². The Kier molecular flexibility index (Phi) is 20.5. The van der Waals surface area contributed by atoms with Gasteiger partial charge in [-0.1, -0.05) is 26.0 Å². The molecule has 5 N–H and O–H groups in total. The van der Waals surface area contributed by atoms with E-state index < -0.39 is 119 Å². The first kappa shape index (κ1) is 59.4. The minimum atomic E-state index is -1.86. The van der Waals surface area contributed by atoms with Crippen LogP contribution in [0.4, 0.5) is 10.1 Å². The van der Waals surface area contributed by atoms with Crippen LogP contribution >= 0.6 is 0 Å². The molecule has 3 aliphatic rings. The Labute approximate surface area is 423 Å². The minimum Gasteiger partial charge on any atom is -0.490 e. The molecule has 0 radical (unpaired) electrons. The van der Waals surface area contributed by atoms with E-state index in [1.54, 1.807) is 54.7 Å². The first-order chi connectivity index (χ1) is 33.6. The average Bonchev–Trinajstić information content (AvgIpc) is 3.77. The number of hydrogen-bond donors (Lipinski definition) is 5. The largest absolute Gasteiger partial charge is 0.490 e. The van der Waals surface area contributed by atoms with Crippen LogP contribution in [0.3, 0.4) is 0 Å². The third kappa shape index (κ3) is 14.4. The number of ether oxygens (including phenoxy) is 7. The van der Waals surface area contributed by atoms with E-state index in [2.05, 4.69) is 10.3 Å². The molecule has 3 saturated heterocycles. The topological polar surface area (TPSA) is 263 Å². The smallest absolute Gasteiger partial charge is 0.311 e. The number of likely N-dealkylation sites (N-methyl/N-ethyl adjacent to an activating group) is 2. The maximum Gasteiger partial charge on any atom is 0.311 e. The molecule has 0 bridgehead atoms. The molecule has 1 aromatic carbocycles. The predicted octanol–water partition coefficient (Wildman–Crippen LogP) is 3.43. The molecule has 19 atom stereocenters. The number of aliphatic hydroxyl groups is 5. The third-order valence-electron chi connectivity index (χ3n) is 15.3. The van der Waals surface area contributed by atoms with Crippen LogP contribution in [0.1, 0.15) is 101 Å². The van der Waals surface area contributed by atoms with Crippen molar-refractivity contribution in [2.24, 2.45) is 17.8 Å². The molecule has 22 heteroatoms. The Bertz CT molecular complexity index is 2040. The first-order valence-electron chi connectivity index (χ1n) is 25.3. The van der Waals surface area contributed by atoms with Gasteiger partial charge in [0.1, 0.15) is 42.4 Å². The molecule has 3 aliphatic heterocycles. The fraction of sp³-hybridized carbons (Fsp3) is 0.820. The van der Waals surface area contributed by atoms with Crippen molar-refractivity contribution in [3.05, 3.63) is 46.3 Å². The SMILES string of the molecule is CC[C@H]1OC(=O)[C@H](C)[C@@H](O[C@H]2C[C@@](C)(OC)[C@@H](O)[C@H](C)O2)[C@H](C)[C@@H](O[C@@H]2O[C@H](C)C[C@H](N(C)CCc3cn(C[C@@H](F)COc4ccc([N+](=O)[O-])cc4)nn3)[C@H]2O)[C@](C)(O)C[C@@H](C)CN(C)[C@H](C)[C@@H](O)[C@]1(C)O. The summed E-state index contributed by atoms with van der Waals surface area (Å²) in [4.78, 5) is 28.7. The van der Waals surface area contributed by atoms with Crippen molar-refractivity contribution in [1.29, 1.82) is 0 Å². The number of nitro groups is 1. The van der Waals surface area contributed by atoms with Gasteiger partial charge >= 0.3 is 5.97 Å². The molecular weight excluding hydrogens is 944 g/mol. The van der Waals surface area contributed by atoms with Crippen LogP contribution in [0.25, 0.3) is 0 Å². The van der Waals surface area contributed by atoms with Gasteiger partial charge in [-0.15, -0.1) is 5.10 Å². The Morgan fingerprint density at radius 1 is 1.01 bits per heavy atom. The molecule has 0 amide bonds. The third-order valence-corrected chi connectivity index (χ3v) is 15.3. The normalized spacial score (nSPS) is 39.4. The lowest BCUT2D eigenvalue weighted by Crippen LogP contribution is -2.61. The van der Waals surface area contributed by atoms with E-state index in [4.69, 9.17) is 33.2 Å². The summed E-state index contributed by atoms with van der Waals surface area (Å²) >= 11 is 0. The van der Waals surface area contributed by atoms with Crippen LogP contribution in [0, 0.1) is 27.9 Å². The zero-order valence-corrected chi connectivity index (χ0v) is 44.4. The van der Waals surface area contributed by atoms with E-state index in [1.165, 1.54) is 43.0 Å². The number of cyclic esters (lactones) is 1. The summed E-state index contributed by atoms with van der Waals surface area (Å²) in [7, 11) is 5.15. The number of halogens is 1. The molecule has 0 aliphatic carbocycles. The van der Waals surface area contributed by atoms with Crippen molar-refractivity contribution in [3.63, 3.8) is 0 Å². The van der Waals surface area contributed by atoms with Crippen LogP contribution in [0.15, 0.2) is 30.5 Å². The van der Waals surface area contributed by atoms with Crippen molar-refractivity contribution >= 4 is 11.7 Å². The maximum absolute atomic E-state index is 14.9. The van der Waals surface area contributed by atoms with Crippen molar-refractivity contribution in [3.8, 4) is 5.75 Å². The number of aromatic nitrogens is 3. The second-order valence-electron chi connectivity index (χ2n) is 21.5. The number of alkyl halides is 1. The van der Waals surface area contributed by atoms with Crippen LogP contribution in [-0.2, 0) is 46.2 Å². The molecule has 2 aromatic rings. The molecule has 0 unspecified atom stereocenters. The lowest BCUT2D eigenvalue weighted by atomic mass is 9.77. The number of rotatable bonds is 16. The summed E-state index contributed by atoms with van der Waals surface area (Å²) in [6, 6.07) is 4.27. The van der Waals surface area contributed by atoms with E-state index in [9.17, 15) is 44.8 Å². The average molecular weight is 1030 g/mol. The fourth-order valence-electron chi connectivity index (χ4n) is 10.8. The second-order valence-corrected chi connectivity index (χ2v) is 21.5. The summed E-state index contributed by atoms with van der Waals surface area (Å²) in [5.74, 6) is -2.62. The second kappa shape index (κ2) is 24.9. The van der Waals surface area contributed by atoms with Gasteiger partial charge in [0.2, 0.25) is 0 Å². The number of aliphatic hydroxyl groups excluding tert-OH is 3. The highest BCUT2D eigenvalue weighted by atomic mass is 19.1. The number of nitro benzene ring substituents is 1. The number of non-ortho nitro benzene ring substituents is 1. The molecule has 410 valence electrons. The highest BCUT2D eigenvalue weighted by Crippen LogP contribution is 2.40. The summed E-state index contributed by atoms with van der Waals surface area (Å²) in [5.41, 5.74) is -4.13. The Morgan fingerprint density at radius 3 is 2.31 bits per heavy atom. The van der Waals surface area contributed by atoms with E-state index in [1.807, 2.05) is 37.7 Å². The van der Waals surface area contributed by atoms with Crippen molar-refractivity contribution in [2.75, 3.05) is 40.9 Å².